The number of benzene rings is 1. The van der Waals surface area contributed by atoms with E-state index >= 15 is 0 Å². The van der Waals surface area contributed by atoms with Gasteiger partial charge in [0.25, 0.3) is 0 Å². The normalized spacial score (nSPS) is 12.2. The molecule has 2 N–H and O–H groups in total. The summed E-state index contributed by atoms with van der Waals surface area (Å²) in [6.07, 6.45) is 4.70. The number of aromatic nitrogens is 2. The van der Waals surface area contributed by atoms with Gasteiger partial charge in [0.1, 0.15) is 17.7 Å². The predicted octanol–water partition coefficient (Wildman–Crippen LogP) is 2.97. The van der Waals surface area contributed by atoms with Gasteiger partial charge in [-0.15, -0.1) is 24.0 Å². The van der Waals surface area contributed by atoms with E-state index in [1.165, 1.54) is 12.1 Å². The molecule has 1 unspecified atom stereocenters. The van der Waals surface area contributed by atoms with Crippen LogP contribution in [0.25, 0.3) is 0 Å². The van der Waals surface area contributed by atoms with Crippen molar-refractivity contribution in [2.24, 2.45) is 4.99 Å². The van der Waals surface area contributed by atoms with Gasteiger partial charge in [-0.2, -0.15) is 5.10 Å². The standard InChI is InChI=1S/C18H26FN5O.HI/c1-14-11-23-24(13-14)9-5-8-21-18(20-3)22-12-15(2)25-17-7-4-6-16(19)10-17;/h4,6-7,10-11,13,15H,5,8-9,12H2,1-3H3,(H2,20,21,22);1H. The predicted molar refractivity (Wildman–Crippen MR) is 113 cm³/mol. The number of hydrogen-bond acceptors (Lipinski definition) is 3. The summed E-state index contributed by atoms with van der Waals surface area (Å²) in [5.41, 5.74) is 1.16. The first-order valence-electron chi connectivity index (χ1n) is 8.42. The highest BCUT2D eigenvalue weighted by atomic mass is 127. The number of ether oxygens (including phenoxy) is 1. The number of nitrogens with one attached hydrogen (secondary N) is 2. The fourth-order valence-corrected chi connectivity index (χ4v) is 2.31. The summed E-state index contributed by atoms with van der Waals surface area (Å²) in [5, 5.41) is 10.7. The fourth-order valence-electron chi connectivity index (χ4n) is 2.31. The first-order valence-corrected chi connectivity index (χ1v) is 8.42. The monoisotopic (exact) mass is 475 g/mol. The number of guanidine groups is 1. The first kappa shape index (κ1) is 22.2. The van der Waals surface area contributed by atoms with E-state index in [0.717, 1.165) is 25.1 Å². The first-order chi connectivity index (χ1) is 12.1. The molecule has 0 aliphatic heterocycles. The second-order valence-electron chi connectivity index (χ2n) is 5.90. The van der Waals surface area contributed by atoms with Crippen molar-refractivity contribution in [3.63, 3.8) is 0 Å². The Morgan fingerprint density at radius 3 is 2.85 bits per heavy atom. The molecule has 1 heterocycles. The number of rotatable bonds is 8. The molecule has 0 saturated carbocycles. The number of halogens is 2. The van der Waals surface area contributed by atoms with Crippen LogP contribution >= 0.6 is 24.0 Å². The third kappa shape index (κ3) is 8.03. The molecule has 0 radical (unpaired) electrons. The van der Waals surface area contributed by atoms with E-state index in [0.29, 0.717) is 18.3 Å². The molecule has 0 fully saturated rings. The van der Waals surface area contributed by atoms with E-state index in [9.17, 15) is 4.39 Å². The van der Waals surface area contributed by atoms with Crippen LogP contribution in [0.2, 0.25) is 0 Å². The van der Waals surface area contributed by atoms with Gasteiger partial charge in [0.15, 0.2) is 5.96 Å². The van der Waals surface area contributed by atoms with Crippen LogP contribution in [-0.2, 0) is 6.54 Å². The van der Waals surface area contributed by atoms with E-state index in [1.807, 2.05) is 30.9 Å². The van der Waals surface area contributed by atoms with Crippen LogP contribution in [0.5, 0.6) is 5.75 Å². The molecule has 0 bridgehead atoms. The molecule has 8 heteroatoms. The molecule has 2 rings (SSSR count). The molecule has 1 aromatic carbocycles. The number of aryl methyl sites for hydroxylation is 2. The molecular weight excluding hydrogens is 448 g/mol. The van der Waals surface area contributed by atoms with E-state index in [-0.39, 0.29) is 35.9 Å². The maximum absolute atomic E-state index is 13.2. The van der Waals surface area contributed by atoms with Gasteiger partial charge in [0.2, 0.25) is 0 Å². The highest BCUT2D eigenvalue weighted by Gasteiger charge is 2.06. The lowest BCUT2D eigenvalue weighted by Gasteiger charge is -2.17. The second kappa shape index (κ2) is 11.7. The Morgan fingerprint density at radius 2 is 2.19 bits per heavy atom. The van der Waals surface area contributed by atoms with Crippen molar-refractivity contribution in [3.05, 3.63) is 48.0 Å². The van der Waals surface area contributed by atoms with Crippen LogP contribution in [0.1, 0.15) is 18.9 Å². The van der Waals surface area contributed by atoms with Crippen LogP contribution in [0.4, 0.5) is 4.39 Å². The fraction of sp³-hybridized carbons (Fsp3) is 0.444. The third-order valence-electron chi connectivity index (χ3n) is 3.53. The summed E-state index contributed by atoms with van der Waals surface area (Å²) in [6.45, 7) is 6.16. The van der Waals surface area contributed by atoms with Gasteiger partial charge in [-0.1, -0.05) is 6.07 Å². The van der Waals surface area contributed by atoms with Gasteiger partial charge >= 0.3 is 0 Å². The van der Waals surface area contributed by atoms with Crippen molar-refractivity contribution >= 4 is 29.9 Å². The zero-order valence-electron chi connectivity index (χ0n) is 15.4. The molecule has 0 amide bonds. The van der Waals surface area contributed by atoms with Gasteiger partial charge < -0.3 is 15.4 Å². The maximum Gasteiger partial charge on any atom is 0.191 e. The van der Waals surface area contributed by atoms with E-state index in [4.69, 9.17) is 4.74 Å². The van der Waals surface area contributed by atoms with Crippen molar-refractivity contribution in [2.75, 3.05) is 20.1 Å². The summed E-state index contributed by atoms with van der Waals surface area (Å²) >= 11 is 0. The minimum atomic E-state index is -0.303. The third-order valence-corrected chi connectivity index (χ3v) is 3.53. The minimum absolute atomic E-state index is 0. The molecular formula is C18H27FIN5O. The average molecular weight is 475 g/mol. The van der Waals surface area contributed by atoms with Crippen LogP contribution in [0.3, 0.4) is 0 Å². The Kier molecular flexibility index (Phi) is 10.0. The van der Waals surface area contributed by atoms with Crippen molar-refractivity contribution in [1.82, 2.24) is 20.4 Å². The summed E-state index contributed by atoms with van der Waals surface area (Å²) in [4.78, 5) is 4.19. The average Bonchev–Trinajstić information content (AvgIpc) is 2.99. The summed E-state index contributed by atoms with van der Waals surface area (Å²) in [6, 6.07) is 6.14. The van der Waals surface area contributed by atoms with Crippen LogP contribution in [0, 0.1) is 12.7 Å². The number of nitrogens with zero attached hydrogens (tertiary/aromatic N) is 3. The molecule has 26 heavy (non-hydrogen) atoms. The lowest BCUT2D eigenvalue weighted by Crippen LogP contribution is -2.42. The minimum Gasteiger partial charge on any atom is -0.489 e. The van der Waals surface area contributed by atoms with Crippen molar-refractivity contribution in [2.45, 2.75) is 32.9 Å². The molecule has 2 aromatic rings. The summed E-state index contributed by atoms with van der Waals surface area (Å²) in [5.74, 6) is 0.931. The molecule has 1 atom stereocenters. The van der Waals surface area contributed by atoms with Gasteiger partial charge in [-0.05, 0) is 38.0 Å². The smallest absolute Gasteiger partial charge is 0.191 e. The van der Waals surface area contributed by atoms with Gasteiger partial charge in [-0.3, -0.25) is 9.67 Å². The molecule has 0 saturated heterocycles. The Hall–Kier alpha value is -1.84. The topological polar surface area (TPSA) is 63.5 Å². The Bertz CT molecular complexity index is 692. The molecule has 144 valence electrons. The highest BCUT2D eigenvalue weighted by Crippen LogP contribution is 2.13. The quantitative estimate of drug-likeness (QED) is 0.267. The maximum atomic E-state index is 13.2. The molecule has 6 nitrogen and oxygen atoms in total. The Labute approximate surface area is 171 Å². The summed E-state index contributed by atoms with van der Waals surface area (Å²) < 4.78 is 20.8. The van der Waals surface area contributed by atoms with Crippen LogP contribution in [-0.4, -0.2) is 42.0 Å². The van der Waals surface area contributed by atoms with Crippen molar-refractivity contribution in [3.8, 4) is 5.75 Å². The van der Waals surface area contributed by atoms with Crippen molar-refractivity contribution in [1.29, 1.82) is 0 Å². The molecule has 0 aliphatic rings. The van der Waals surface area contributed by atoms with Gasteiger partial charge in [0, 0.05) is 32.4 Å². The number of aliphatic imine (C=N–C) groups is 1. The Morgan fingerprint density at radius 1 is 1.38 bits per heavy atom. The zero-order valence-corrected chi connectivity index (χ0v) is 17.7. The molecule has 0 aliphatic carbocycles. The zero-order chi connectivity index (χ0) is 18.1. The van der Waals surface area contributed by atoms with Gasteiger partial charge in [0.05, 0.1) is 12.7 Å². The lowest BCUT2D eigenvalue weighted by atomic mass is 10.3. The summed E-state index contributed by atoms with van der Waals surface area (Å²) in [7, 11) is 1.73. The SMILES string of the molecule is CN=C(NCCCn1cc(C)cn1)NCC(C)Oc1cccc(F)c1.I. The van der Waals surface area contributed by atoms with Crippen molar-refractivity contribution < 1.29 is 9.13 Å². The van der Waals surface area contributed by atoms with Crippen LogP contribution in [0.15, 0.2) is 41.7 Å². The van der Waals surface area contributed by atoms with E-state index < -0.39 is 0 Å². The van der Waals surface area contributed by atoms with E-state index in [1.54, 1.807) is 19.2 Å². The largest absolute Gasteiger partial charge is 0.489 e. The lowest BCUT2D eigenvalue weighted by molar-refractivity contribution is 0.223. The van der Waals surface area contributed by atoms with Crippen LogP contribution < -0.4 is 15.4 Å². The molecule has 0 spiro atoms. The molecule has 1 aromatic heterocycles. The van der Waals surface area contributed by atoms with Gasteiger partial charge in [-0.25, -0.2) is 4.39 Å². The number of hydrogen-bond donors (Lipinski definition) is 2. The van der Waals surface area contributed by atoms with E-state index in [2.05, 4.69) is 20.7 Å². The second-order valence-corrected chi connectivity index (χ2v) is 5.90. The highest BCUT2D eigenvalue weighted by molar-refractivity contribution is 14.0. The Balaban J connectivity index is 0.00000338.